The standard InChI is InChI=1S/C12H19NO2/c1-8(2)10-6-11(15-5)12(14)13(7-10)9(3)4/h6-9H,1-5H3. The highest BCUT2D eigenvalue weighted by molar-refractivity contribution is 5.27. The largest absolute Gasteiger partial charge is 0.491 e. The Labute approximate surface area is 90.7 Å². The van der Waals surface area contributed by atoms with E-state index in [1.807, 2.05) is 26.1 Å². The average molecular weight is 209 g/mol. The second-order valence-electron chi connectivity index (χ2n) is 4.30. The molecule has 0 aliphatic heterocycles. The Hall–Kier alpha value is -1.25. The zero-order chi connectivity index (χ0) is 11.6. The van der Waals surface area contributed by atoms with Crippen molar-refractivity contribution in [3.8, 4) is 5.75 Å². The predicted molar refractivity (Wildman–Crippen MR) is 61.7 cm³/mol. The van der Waals surface area contributed by atoms with Gasteiger partial charge in [0.25, 0.3) is 5.56 Å². The van der Waals surface area contributed by atoms with E-state index in [1.165, 1.54) is 7.11 Å². The second-order valence-corrected chi connectivity index (χ2v) is 4.30. The van der Waals surface area contributed by atoms with E-state index >= 15 is 0 Å². The molecule has 0 spiro atoms. The highest BCUT2D eigenvalue weighted by atomic mass is 16.5. The molecule has 0 N–H and O–H groups in total. The van der Waals surface area contributed by atoms with E-state index in [1.54, 1.807) is 4.57 Å². The minimum absolute atomic E-state index is 0.0584. The van der Waals surface area contributed by atoms with Crippen LogP contribution in [0.2, 0.25) is 0 Å². The third kappa shape index (κ3) is 2.41. The van der Waals surface area contributed by atoms with Gasteiger partial charge in [0.15, 0.2) is 5.75 Å². The SMILES string of the molecule is COc1cc(C(C)C)cn(C(C)C)c1=O. The van der Waals surface area contributed by atoms with Gasteiger partial charge in [-0.25, -0.2) is 0 Å². The molecule has 0 atom stereocenters. The number of nitrogens with zero attached hydrogens (tertiary/aromatic N) is 1. The van der Waals surface area contributed by atoms with Crippen molar-refractivity contribution in [3.05, 3.63) is 28.2 Å². The van der Waals surface area contributed by atoms with Crippen LogP contribution >= 0.6 is 0 Å². The first kappa shape index (κ1) is 11.8. The molecule has 15 heavy (non-hydrogen) atoms. The molecule has 84 valence electrons. The third-order valence-electron chi connectivity index (χ3n) is 2.47. The lowest BCUT2D eigenvalue weighted by Gasteiger charge is -2.15. The van der Waals surface area contributed by atoms with E-state index in [2.05, 4.69) is 13.8 Å². The first-order valence-electron chi connectivity index (χ1n) is 5.27. The van der Waals surface area contributed by atoms with Crippen molar-refractivity contribution in [2.24, 2.45) is 0 Å². The molecule has 0 amide bonds. The number of aromatic nitrogens is 1. The number of methoxy groups -OCH3 is 1. The maximum absolute atomic E-state index is 11.9. The summed E-state index contributed by atoms with van der Waals surface area (Å²) in [6, 6.07) is 1.98. The number of pyridine rings is 1. The van der Waals surface area contributed by atoms with Crippen LogP contribution in [-0.4, -0.2) is 11.7 Å². The van der Waals surface area contributed by atoms with E-state index in [9.17, 15) is 4.79 Å². The molecule has 1 aromatic rings. The smallest absolute Gasteiger partial charge is 0.293 e. The lowest BCUT2D eigenvalue weighted by Crippen LogP contribution is -2.23. The van der Waals surface area contributed by atoms with Crippen LogP contribution < -0.4 is 10.3 Å². The van der Waals surface area contributed by atoms with Gasteiger partial charge in [0, 0.05) is 12.2 Å². The third-order valence-corrected chi connectivity index (χ3v) is 2.47. The molecular weight excluding hydrogens is 190 g/mol. The fraction of sp³-hybridized carbons (Fsp3) is 0.583. The van der Waals surface area contributed by atoms with Crippen LogP contribution in [0.15, 0.2) is 17.1 Å². The van der Waals surface area contributed by atoms with Crippen LogP contribution in [0.3, 0.4) is 0 Å². The Bertz CT molecular complexity index is 391. The van der Waals surface area contributed by atoms with E-state index < -0.39 is 0 Å². The summed E-state index contributed by atoms with van der Waals surface area (Å²) >= 11 is 0. The highest BCUT2D eigenvalue weighted by Crippen LogP contribution is 2.18. The van der Waals surface area contributed by atoms with Crippen molar-refractivity contribution >= 4 is 0 Å². The Balaban J connectivity index is 3.39. The fourth-order valence-corrected chi connectivity index (χ4v) is 1.44. The van der Waals surface area contributed by atoms with Gasteiger partial charge in [0.1, 0.15) is 0 Å². The number of rotatable bonds is 3. The monoisotopic (exact) mass is 209 g/mol. The molecule has 1 rings (SSSR count). The first-order chi connectivity index (χ1) is 6.97. The average Bonchev–Trinajstić information content (AvgIpc) is 2.17. The van der Waals surface area contributed by atoms with E-state index in [-0.39, 0.29) is 11.6 Å². The maximum Gasteiger partial charge on any atom is 0.293 e. The fourth-order valence-electron chi connectivity index (χ4n) is 1.44. The summed E-state index contributed by atoms with van der Waals surface area (Å²) in [5.74, 6) is 0.819. The van der Waals surface area contributed by atoms with Crippen molar-refractivity contribution < 1.29 is 4.74 Å². The van der Waals surface area contributed by atoms with Gasteiger partial charge >= 0.3 is 0 Å². The van der Waals surface area contributed by atoms with E-state index in [0.717, 1.165) is 5.56 Å². The Morgan fingerprint density at radius 2 is 1.87 bits per heavy atom. The number of hydrogen-bond donors (Lipinski definition) is 0. The number of ether oxygens (including phenoxy) is 1. The lowest BCUT2D eigenvalue weighted by molar-refractivity contribution is 0.397. The van der Waals surface area contributed by atoms with Gasteiger partial charge < -0.3 is 9.30 Å². The molecule has 3 nitrogen and oxygen atoms in total. The predicted octanol–water partition coefficient (Wildman–Crippen LogP) is 2.56. The molecular formula is C12H19NO2. The first-order valence-corrected chi connectivity index (χ1v) is 5.27. The molecule has 0 unspecified atom stereocenters. The molecule has 0 saturated heterocycles. The summed E-state index contributed by atoms with van der Waals surface area (Å²) in [7, 11) is 1.53. The van der Waals surface area contributed by atoms with Crippen molar-refractivity contribution in [3.63, 3.8) is 0 Å². The molecule has 0 saturated carbocycles. The summed E-state index contributed by atoms with van der Waals surface area (Å²) in [5, 5.41) is 0. The molecule has 3 heteroatoms. The Morgan fingerprint density at radius 3 is 2.27 bits per heavy atom. The molecule has 0 aliphatic carbocycles. The van der Waals surface area contributed by atoms with Gasteiger partial charge in [-0.2, -0.15) is 0 Å². The van der Waals surface area contributed by atoms with Crippen LogP contribution in [-0.2, 0) is 0 Å². The Kier molecular flexibility index (Phi) is 3.56. The van der Waals surface area contributed by atoms with Gasteiger partial charge in [-0.1, -0.05) is 13.8 Å². The second kappa shape index (κ2) is 4.51. The summed E-state index contributed by atoms with van der Waals surface area (Å²) in [6.07, 6.45) is 1.92. The molecule has 1 heterocycles. The van der Waals surface area contributed by atoms with E-state index in [0.29, 0.717) is 11.7 Å². The highest BCUT2D eigenvalue weighted by Gasteiger charge is 2.10. The van der Waals surface area contributed by atoms with Gasteiger partial charge in [-0.3, -0.25) is 4.79 Å². The van der Waals surface area contributed by atoms with Crippen molar-refractivity contribution in [2.75, 3.05) is 7.11 Å². The van der Waals surface area contributed by atoms with Gasteiger partial charge in [0.2, 0.25) is 0 Å². The topological polar surface area (TPSA) is 31.2 Å². The summed E-state index contributed by atoms with van der Waals surface area (Å²) in [5.41, 5.74) is 1.07. The molecule has 1 aromatic heterocycles. The molecule has 0 fully saturated rings. The van der Waals surface area contributed by atoms with Crippen molar-refractivity contribution in [2.45, 2.75) is 39.7 Å². The van der Waals surface area contributed by atoms with Crippen LogP contribution in [0.25, 0.3) is 0 Å². The zero-order valence-corrected chi connectivity index (χ0v) is 10.1. The summed E-state index contributed by atoms with van der Waals surface area (Å²) in [4.78, 5) is 11.9. The summed E-state index contributed by atoms with van der Waals surface area (Å²) < 4.78 is 6.81. The molecule has 0 aromatic carbocycles. The minimum Gasteiger partial charge on any atom is -0.491 e. The van der Waals surface area contributed by atoms with Gasteiger partial charge in [-0.15, -0.1) is 0 Å². The summed E-state index contributed by atoms with van der Waals surface area (Å²) in [6.45, 7) is 8.18. The minimum atomic E-state index is -0.0584. The zero-order valence-electron chi connectivity index (χ0n) is 10.1. The lowest BCUT2D eigenvalue weighted by atomic mass is 10.1. The van der Waals surface area contributed by atoms with E-state index in [4.69, 9.17) is 4.74 Å². The van der Waals surface area contributed by atoms with Crippen LogP contribution in [0.1, 0.15) is 45.2 Å². The van der Waals surface area contributed by atoms with Crippen LogP contribution in [0, 0.1) is 0 Å². The van der Waals surface area contributed by atoms with Gasteiger partial charge in [-0.05, 0) is 31.4 Å². The Morgan fingerprint density at radius 1 is 1.27 bits per heavy atom. The van der Waals surface area contributed by atoms with Crippen LogP contribution in [0.4, 0.5) is 0 Å². The molecule has 0 aliphatic rings. The normalized spacial score (nSPS) is 11.1. The maximum atomic E-state index is 11.9. The quantitative estimate of drug-likeness (QED) is 0.766. The van der Waals surface area contributed by atoms with Crippen LogP contribution in [0.5, 0.6) is 5.75 Å². The molecule has 0 bridgehead atoms. The van der Waals surface area contributed by atoms with Crippen molar-refractivity contribution in [1.82, 2.24) is 4.57 Å². The van der Waals surface area contributed by atoms with Gasteiger partial charge in [0.05, 0.1) is 7.11 Å². The van der Waals surface area contributed by atoms with Crippen molar-refractivity contribution in [1.29, 1.82) is 0 Å². The number of hydrogen-bond acceptors (Lipinski definition) is 2. The molecule has 0 radical (unpaired) electrons.